The third-order valence-electron chi connectivity index (χ3n) is 3.24. The van der Waals surface area contributed by atoms with Crippen LogP contribution < -0.4 is 0 Å². The summed E-state index contributed by atoms with van der Waals surface area (Å²) < 4.78 is 9.98. The number of aliphatic hydroxyl groups excluding tert-OH is 2. The lowest BCUT2D eigenvalue weighted by molar-refractivity contribution is -0.164. The number of cyclic esters (lactones) is 2. The van der Waals surface area contributed by atoms with Gasteiger partial charge in [-0.15, -0.1) is 0 Å². The van der Waals surface area contributed by atoms with Gasteiger partial charge in [-0.1, -0.05) is 0 Å². The highest BCUT2D eigenvalue weighted by Crippen LogP contribution is 2.40. The summed E-state index contributed by atoms with van der Waals surface area (Å²) in [4.78, 5) is 22.7. The fraction of sp³-hybridized carbons (Fsp3) is 0.800. The minimum atomic E-state index is -1.14. The summed E-state index contributed by atoms with van der Waals surface area (Å²) in [6.07, 6.45) is 0.248. The Hall–Kier alpha value is -1.14. The number of carbonyl (C=O) groups excluding carboxylic acids is 2. The molecule has 2 N–H and O–H groups in total. The second-order valence-electron chi connectivity index (χ2n) is 4.23. The van der Waals surface area contributed by atoms with Crippen molar-refractivity contribution >= 4 is 11.9 Å². The van der Waals surface area contributed by atoms with Crippen molar-refractivity contribution in [3.63, 3.8) is 0 Å². The van der Waals surface area contributed by atoms with E-state index in [-0.39, 0.29) is 19.4 Å². The van der Waals surface area contributed by atoms with Crippen molar-refractivity contribution in [2.75, 3.05) is 13.2 Å². The summed E-state index contributed by atoms with van der Waals surface area (Å²) in [5.41, 5.74) is -1.14. The molecule has 2 heterocycles. The molecule has 2 aliphatic rings. The average molecular weight is 230 g/mol. The van der Waals surface area contributed by atoms with Crippen LogP contribution in [-0.2, 0) is 19.1 Å². The molecular weight excluding hydrogens is 216 g/mol. The van der Waals surface area contributed by atoms with Crippen molar-refractivity contribution in [1.29, 1.82) is 0 Å². The van der Waals surface area contributed by atoms with Crippen molar-refractivity contribution in [3.8, 4) is 0 Å². The molecule has 0 bridgehead atoms. The molecule has 0 saturated carbocycles. The van der Waals surface area contributed by atoms with Gasteiger partial charge < -0.3 is 19.7 Å². The third-order valence-corrected chi connectivity index (χ3v) is 3.24. The average Bonchev–Trinajstić information content (AvgIpc) is 2.83. The largest absolute Gasteiger partial charge is 0.460 e. The molecule has 2 aliphatic heterocycles. The minimum Gasteiger partial charge on any atom is -0.460 e. The summed E-state index contributed by atoms with van der Waals surface area (Å²) in [5, 5.41) is 18.2. The molecule has 0 aromatic carbocycles. The monoisotopic (exact) mass is 230 g/mol. The molecular formula is C10H14O6. The van der Waals surface area contributed by atoms with Gasteiger partial charge in [0.25, 0.3) is 0 Å². The fourth-order valence-corrected chi connectivity index (χ4v) is 2.30. The van der Waals surface area contributed by atoms with Crippen molar-refractivity contribution in [3.05, 3.63) is 0 Å². The molecule has 6 nitrogen and oxygen atoms in total. The Morgan fingerprint density at radius 1 is 1.38 bits per heavy atom. The van der Waals surface area contributed by atoms with Gasteiger partial charge >= 0.3 is 11.9 Å². The predicted molar refractivity (Wildman–Crippen MR) is 50.2 cm³/mol. The number of ether oxygens (including phenoxy) is 2. The predicted octanol–water partition coefficient (Wildman–Crippen LogP) is -1.02. The number of hydrogen-bond acceptors (Lipinski definition) is 6. The number of rotatable bonds is 3. The van der Waals surface area contributed by atoms with Crippen LogP contribution in [0.5, 0.6) is 0 Å². The van der Waals surface area contributed by atoms with Gasteiger partial charge in [0, 0.05) is 19.3 Å². The van der Waals surface area contributed by atoms with Gasteiger partial charge in [0.1, 0.15) is 17.6 Å². The van der Waals surface area contributed by atoms with Crippen molar-refractivity contribution in [2.45, 2.75) is 31.0 Å². The van der Waals surface area contributed by atoms with E-state index < -0.39 is 36.2 Å². The minimum absolute atomic E-state index is 0.203. The van der Waals surface area contributed by atoms with Crippen LogP contribution in [0.1, 0.15) is 19.3 Å². The summed E-state index contributed by atoms with van der Waals surface area (Å²) in [5.74, 6) is -1.59. The lowest BCUT2D eigenvalue weighted by Gasteiger charge is -2.28. The van der Waals surface area contributed by atoms with E-state index in [4.69, 9.17) is 14.6 Å². The second-order valence-corrected chi connectivity index (χ2v) is 4.23. The maximum absolute atomic E-state index is 11.6. The molecule has 0 aliphatic carbocycles. The Morgan fingerprint density at radius 3 is 2.56 bits per heavy atom. The highest BCUT2D eigenvalue weighted by Gasteiger charge is 2.54. The van der Waals surface area contributed by atoms with E-state index in [0.717, 1.165) is 0 Å². The number of esters is 2. The first kappa shape index (κ1) is 11.3. The van der Waals surface area contributed by atoms with Crippen LogP contribution in [0.15, 0.2) is 0 Å². The molecule has 6 heteroatoms. The van der Waals surface area contributed by atoms with Crippen LogP contribution >= 0.6 is 0 Å². The van der Waals surface area contributed by atoms with Gasteiger partial charge in [0.05, 0.1) is 13.2 Å². The fourth-order valence-electron chi connectivity index (χ4n) is 2.30. The first-order valence-corrected chi connectivity index (χ1v) is 5.25. The van der Waals surface area contributed by atoms with Crippen LogP contribution in [0.2, 0.25) is 0 Å². The molecule has 2 fully saturated rings. The zero-order valence-corrected chi connectivity index (χ0v) is 8.72. The third kappa shape index (κ3) is 1.68. The SMILES string of the molecule is O=C1CC[C@@](CO)(C2CC(CO)OC2=O)O1. The van der Waals surface area contributed by atoms with Gasteiger partial charge in [0.15, 0.2) is 0 Å². The van der Waals surface area contributed by atoms with Gasteiger partial charge in [-0.25, -0.2) is 0 Å². The normalized spacial score (nSPS) is 38.6. The molecule has 0 amide bonds. The van der Waals surface area contributed by atoms with Gasteiger partial charge in [-0.05, 0) is 0 Å². The molecule has 3 atom stereocenters. The Labute approximate surface area is 92.2 Å². The molecule has 0 radical (unpaired) electrons. The quantitative estimate of drug-likeness (QED) is 0.603. The van der Waals surface area contributed by atoms with Crippen molar-refractivity contribution in [2.24, 2.45) is 5.92 Å². The first-order valence-electron chi connectivity index (χ1n) is 5.25. The molecule has 0 aromatic rings. The summed E-state index contributed by atoms with van der Waals surface area (Å²) in [7, 11) is 0. The van der Waals surface area contributed by atoms with Crippen LogP contribution in [0.3, 0.4) is 0 Å². The van der Waals surface area contributed by atoms with E-state index in [0.29, 0.717) is 6.42 Å². The number of carbonyl (C=O) groups is 2. The van der Waals surface area contributed by atoms with Crippen molar-refractivity contribution in [1.82, 2.24) is 0 Å². The Morgan fingerprint density at radius 2 is 2.12 bits per heavy atom. The van der Waals surface area contributed by atoms with E-state index in [9.17, 15) is 14.7 Å². The molecule has 16 heavy (non-hydrogen) atoms. The van der Waals surface area contributed by atoms with E-state index >= 15 is 0 Å². The zero-order valence-electron chi connectivity index (χ0n) is 8.72. The van der Waals surface area contributed by atoms with E-state index in [1.807, 2.05) is 0 Å². The smallest absolute Gasteiger partial charge is 0.313 e. The second kappa shape index (κ2) is 4.03. The van der Waals surface area contributed by atoms with Gasteiger partial charge in [0.2, 0.25) is 0 Å². The standard InChI is InChI=1S/C10H14O6/c11-4-6-3-7(9(14)15-6)10(5-12)2-1-8(13)16-10/h6-7,11-12H,1-5H2/t6?,7?,10-/m1/s1. The first-order chi connectivity index (χ1) is 7.61. The summed E-state index contributed by atoms with van der Waals surface area (Å²) >= 11 is 0. The lowest BCUT2D eigenvalue weighted by Crippen LogP contribution is -2.43. The lowest BCUT2D eigenvalue weighted by atomic mass is 9.83. The molecule has 0 spiro atoms. The highest BCUT2D eigenvalue weighted by atomic mass is 16.6. The molecule has 2 saturated heterocycles. The number of aliphatic hydroxyl groups is 2. The van der Waals surface area contributed by atoms with E-state index in [1.54, 1.807) is 0 Å². The van der Waals surface area contributed by atoms with Crippen LogP contribution in [0.4, 0.5) is 0 Å². The highest BCUT2D eigenvalue weighted by molar-refractivity contribution is 5.79. The summed E-state index contributed by atoms with van der Waals surface area (Å²) in [6, 6.07) is 0. The Balaban J connectivity index is 2.16. The molecule has 0 aromatic heterocycles. The maximum Gasteiger partial charge on any atom is 0.313 e. The zero-order chi connectivity index (χ0) is 11.8. The molecule has 90 valence electrons. The van der Waals surface area contributed by atoms with Gasteiger partial charge in [-0.2, -0.15) is 0 Å². The van der Waals surface area contributed by atoms with E-state index in [1.165, 1.54) is 0 Å². The number of hydrogen-bond donors (Lipinski definition) is 2. The van der Waals surface area contributed by atoms with Crippen LogP contribution in [0, 0.1) is 5.92 Å². The molecule has 2 rings (SSSR count). The van der Waals surface area contributed by atoms with E-state index in [2.05, 4.69) is 0 Å². The van der Waals surface area contributed by atoms with Crippen LogP contribution in [-0.4, -0.2) is 47.1 Å². The maximum atomic E-state index is 11.6. The Kier molecular flexibility index (Phi) is 2.86. The van der Waals surface area contributed by atoms with Crippen molar-refractivity contribution < 1.29 is 29.3 Å². The van der Waals surface area contributed by atoms with Gasteiger partial charge in [-0.3, -0.25) is 9.59 Å². The topological polar surface area (TPSA) is 93.1 Å². The summed E-state index contributed by atoms with van der Waals surface area (Å²) in [6.45, 7) is -0.644. The molecule has 2 unspecified atom stereocenters. The Bertz CT molecular complexity index is 314. The van der Waals surface area contributed by atoms with Crippen LogP contribution in [0.25, 0.3) is 0 Å².